The molecule has 8 nitrogen and oxygen atoms in total. The molecule has 1 atom stereocenters. The summed E-state index contributed by atoms with van der Waals surface area (Å²) >= 11 is 0. The summed E-state index contributed by atoms with van der Waals surface area (Å²) in [4.78, 5) is 29.3. The van der Waals surface area contributed by atoms with E-state index in [2.05, 4.69) is 9.88 Å². The number of nitrogens with zero attached hydrogens (tertiary/aromatic N) is 3. The number of amides is 1. The molecular weight excluding hydrogens is 338 g/mol. The predicted molar refractivity (Wildman–Crippen MR) is 95.2 cm³/mol. The number of pyridine rings is 1. The molecule has 2 saturated heterocycles. The first kappa shape index (κ1) is 20.1. The van der Waals surface area contributed by atoms with Gasteiger partial charge in [-0.3, -0.25) is 9.59 Å². The Morgan fingerprint density at radius 2 is 2.08 bits per heavy atom. The molecular formula is C18H27N3O5. The Morgan fingerprint density at radius 1 is 1.38 bits per heavy atom. The molecule has 0 aliphatic carbocycles. The zero-order valence-electron chi connectivity index (χ0n) is 15.1. The fraction of sp³-hybridized carbons (Fsp3) is 0.611. The van der Waals surface area contributed by atoms with Gasteiger partial charge in [0.1, 0.15) is 5.56 Å². The molecule has 26 heavy (non-hydrogen) atoms. The van der Waals surface area contributed by atoms with Crippen molar-refractivity contribution in [3.05, 3.63) is 23.9 Å². The van der Waals surface area contributed by atoms with E-state index >= 15 is 0 Å². The van der Waals surface area contributed by atoms with Gasteiger partial charge in [0.2, 0.25) is 5.88 Å². The smallest absolute Gasteiger partial charge is 0.290 e. The Bertz CT molecular complexity index is 606. The Kier molecular flexibility index (Phi) is 7.35. The molecule has 144 valence electrons. The van der Waals surface area contributed by atoms with E-state index in [9.17, 15) is 9.90 Å². The summed E-state index contributed by atoms with van der Waals surface area (Å²) < 4.78 is 5.45. The Labute approximate surface area is 153 Å². The van der Waals surface area contributed by atoms with Crippen LogP contribution in [0.2, 0.25) is 0 Å². The van der Waals surface area contributed by atoms with Gasteiger partial charge in [-0.15, -0.1) is 0 Å². The summed E-state index contributed by atoms with van der Waals surface area (Å²) in [6.07, 6.45) is 4.65. The number of carbonyl (C=O) groups excluding carboxylic acids is 1. The number of rotatable bonds is 5. The molecule has 0 aromatic carbocycles. The fourth-order valence-corrected chi connectivity index (χ4v) is 3.49. The number of hydrogen-bond donors (Lipinski definition) is 2. The van der Waals surface area contributed by atoms with Crippen molar-refractivity contribution in [1.29, 1.82) is 0 Å². The second-order valence-electron chi connectivity index (χ2n) is 6.58. The lowest BCUT2D eigenvalue weighted by molar-refractivity contribution is -0.122. The van der Waals surface area contributed by atoms with Crippen LogP contribution in [-0.4, -0.2) is 82.3 Å². The number of carbonyl (C=O) groups is 2. The van der Waals surface area contributed by atoms with Crippen LogP contribution < -0.4 is 4.74 Å². The van der Waals surface area contributed by atoms with Crippen LogP contribution in [0, 0.1) is 0 Å². The highest BCUT2D eigenvalue weighted by molar-refractivity contribution is 5.96. The highest BCUT2D eigenvalue weighted by atomic mass is 16.5. The van der Waals surface area contributed by atoms with Crippen LogP contribution >= 0.6 is 0 Å². The van der Waals surface area contributed by atoms with E-state index in [0.717, 1.165) is 13.1 Å². The average molecular weight is 365 g/mol. The molecule has 2 N–H and O–H groups in total. The van der Waals surface area contributed by atoms with Crippen molar-refractivity contribution in [1.82, 2.24) is 14.8 Å². The standard InChI is InChI=1S/C17H25N3O3.CH2O2/c1-2-23-15-14(6-5-8-18-15)16(21)20-11-7-17(22,13-20)12-19-9-3-4-10-19;2-1-3/h5-6,8,22H,2-4,7,9-13H2,1H3;1H,(H,2,3). The van der Waals surface area contributed by atoms with E-state index in [4.69, 9.17) is 14.6 Å². The van der Waals surface area contributed by atoms with Crippen molar-refractivity contribution in [3.63, 3.8) is 0 Å². The zero-order valence-corrected chi connectivity index (χ0v) is 15.1. The molecule has 1 aromatic rings. The quantitative estimate of drug-likeness (QED) is 0.746. The van der Waals surface area contributed by atoms with Gasteiger partial charge in [-0.1, -0.05) is 0 Å². The van der Waals surface area contributed by atoms with Gasteiger partial charge in [0, 0.05) is 19.3 Å². The van der Waals surface area contributed by atoms with Crippen molar-refractivity contribution in [2.45, 2.75) is 31.8 Å². The number of ether oxygens (including phenoxy) is 1. The topological polar surface area (TPSA) is 103 Å². The molecule has 8 heteroatoms. The molecule has 0 spiro atoms. The summed E-state index contributed by atoms with van der Waals surface area (Å²) in [7, 11) is 0. The molecule has 1 aromatic heterocycles. The van der Waals surface area contributed by atoms with Crippen LogP contribution in [0.3, 0.4) is 0 Å². The van der Waals surface area contributed by atoms with E-state index in [-0.39, 0.29) is 12.4 Å². The number of carboxylic acid groups (broad SMARTS) is 1. The normalized spacial score (nSPS) is 22.6. The fourth-order valence-electron chi connectivity index (χ4n) is 3.49. The minimum atomic E-state index is -0.798. The van der Waals surface area contributed by atoms with Gasteiger partial charge in [-0.05, 0) is 51.4 Å². The highest BCUT2D eigenvalue weighted by Crippen LogP contribution is 2.27. The Hall–Kier alpha value is -2.19. The SMILES string of the molecule is CCOc1ncccc1C(=O)N1CCC(O)(CN2CCCC2)C1.O=CO. The van der Waals surface area contributed by atoms with E-state index < -0.39 is 5.60 Å². The van der Waals surface area contributed by atoms with E-state index in [1.807, 2.05) is 6.92 Å². The van der Waals surface area contributed by atoms with E-state index in [1.54, 1.807) is 23.2 Å². The first-order valence-corrected chi connectivity index (χ1v) is 8.92. The predicted octanol–water partition coefficient (Wildman–Crippen LogP) is 0.854. The molecule has 0 saturated carbocycles. The Morgan fingerprint density at radius 3 is 2.73 bits per heavy atom. The lowest BCUT2D eigenvalue weighted by Gasteiger charge is -2.28. The number of hydrogen-bond acceptors (Lipinski definition) is 6. The maximum absolute atomic E-state index is 12.7. The van der Waals surface area contributed by atoms with Crippen LogP contribution in [0.1, 0.15) is 36.5 Å². The van der Waals surface area contributed by atoms with Gasteiger partial charge in [-0.25, -0.2) is 4.98 Å². The van der Waals surface area contributed by atoms with Crippen LogP contribution in [0.15, 0.2) is 18.3 Å². The third kappa shape index (κ3) is 5.15. The number of β-amino-alcohol motifs (C(OH)–C–C–N with tert-alkyl or cyclic N) is 1. The van der Waals surface area contributed by atoms with Gasteiger partial charge < -0.3 is 24.7 Å². The van der Waals surface area contributed by atoms with E-state index in [0.29, 0.717) is 44.1 Å². The van der Waals surface area contributed by atoms with Crippen LogP contribution in [-0.2, 0) is 4.79 Å². The molecule has 0 bridgehead atoms. The molecule has 1 amide bonds. The monoisotopic (exact) mass is 365 g/mol. The molecule has 2 aliphatic heterocycles. The van der Waals surface area contributed by atoms with Crippen molar-refractivity contribution in [3.8, 4) is 5.88 Å². The third-order valence-corrected chi connectivity index (χ3v) is 4.62. The van der Waals surface area contributed by atoms with Crippen molar-refractivity contribution in [2.75, 3.05) is 39.3 Å². The lowest BCUT2D eigenvalue weighted by atomic mass is 10.0. The van der Waals surface area contributed by atoms with E-state index in [1.165, 1.54) is 12.8 Å². The van der Waals surface area contributed by atoms with Crippen LogP contribution in [0.5, 0.6) is 5.88 Å². The van der Waals surface area contributed by atoms with Crippen molar-refractivity contribution >= 4 is 12.4 Å². The largest absolute Gasteiger partial charge is 0.483 e. The molecule has 3 rings (SSSR count). The van der Waals surface area contributed by atoms with Gasteiger partial charge in [0.15, 0.2) is 0 Å². The molecule has 1 unspecified atom stereocenters. The van der Waals surface area contributed by atoms with Gasteiger partial charge in [0.25, 0.3) is 12.4 Å². The average Bonchev–Trinajstić information content (AvgIpc) is 3.26. The minimum absolute atomic E-state index is 0.112. The van der Waals surface area contributed by atoms with Gasteiger partial charge in [-0.2, -0.15) is 0 Å². The molecule has 2 fully saturated rings. The number of likely N-dealkylation sites (tertiary alicyclic amines) is 2. The summed E-state index contributed by atoms with van der Waals surface area (Å²) in [5.41, 5.74) is -0.326. The first-order valence-electron chi connectivity index (χ1n) is 8.92. The van der Waals surface area contributed by atoms with Gasteiger partial charge >= 0.3 is 0 Å². The second-order valence-corrected chi connectivity index (χ2v) is 6.58. The van der Waals surface area contributed by atoms with Crippen molar-refractivity contribution in [2.24, 2.45) is 0 Å². The maximum Gasteiger partial charge on any atom is 0.290 e. The minimum Gasteiger partial charge on any atom is -0.483 e. The van der Waals surface area contributed by atoms with Crippen LogP contribution in [0.25, 0.3) is 0 Å². The first-order chi connectivity index (χ1) is 12.5. The van der Waals surface area contributed by atoms with Crippen molar-refractivity contribution < 1.29 is 24.5 Å². The summed E-state index contributed by atoms with van der Waals surface area (Å²) in [5, 5.41) is 17.7. The summed E-state index contributed by atoms with van der Waals surface area (Å²) in [6.45, 7) is 5.79. The lowest BCUT2D eigenvalue weighted by Crippen LogP contribution is -2.45. The summed E-state index contributed by atoms with van der Waals surface area (Å²) in [5.74, 6) is 0.258. The highest BCUT2D eigenvalue weighted by Gasteiger charge is 2.40. The second kappa shape index (κ2) is 9.49. The van der Waals surface area contributed by atoms with Crippen LogP contribution in [0.4, 0.5) is 0 Å². The summed E-state index contributed by atoms with van der Waals surface area (Å²) in [6, 6.07) is 3.47. The Balaban J connectivity index is 0.000000758. The van der Waals surface area contributed by atoms with Gasteiger partial charge in [0.05, 0.1) is 18.8 Å². The molecule has 2 aliphatic rings. The number of aromatic nitrogens is 1. The maximum atomic E-state index is 12.7. The number of aliphatic hydroxyl groups is 1. The zero-order chi connectivity index (χ0) is 19.0. The molecule has 3 heterocycles. The third-order valence-electron chi connectivity index (χ3n) is 4.62. The molecule has 0 radical (unpaired) electrons.